The predicted molar refractivity (Wildman–Crippen MR) is 133 cm³/mol. The van der Waals surface area contributed by atoms with Gasteiger partial charge >= 0.3 is 0 Å². The molecule has 1 saturated heterocycles. The van der Waals surface area contributed by atoms with E-state index in [0.29, 0.717) is 0 Å². The molecule has 0 spiro atoms. The van der Waals surface area contributed by atoms with Crippen LogP contribution in [0.1, 0.15) is 40.3 Å². The van der Waals surface area contributed by atoms with Crippen LogP contribution >= 0.6 is 0 Å². The molecule has 1 aromatic heterocycles. The van der Waals surface area contributed by atoms with E-state index in [9.17, 15) is 0 Å². The van der Waals surface area contributed by atoms with Gasteiger partial charge in [0.1, 0.15) is 0 Å². The van der Waals surface area contributed by atoms with Crippen LogP contribution in [0.25, 0.3) is 0 Å². The number of imidazole rings is 1. The van der Waals surface area contributed by atoms with E-state index in [1.165, 1.54) is 22.3 Å². The summed E-state index contributed by atoms with van der Waals surface area (Å²) in [7, 11) is 2.19. The number of piperazine rings is 1. The van der Waals surface area contributed by atoms with Crippen LogP contribution in [0.3, 0.4) is 0 Å². The van der Waals surface area contributed by atoms with Crippen molar-refractivity contribution in [3.63, 3.8) is 0 Å². The molecule has 3 aromatic rings. The van der Waals surface area contributed by atoms with Gasteiger partial charge in [-0.2, -0.15) is 0 Å². The van der Waals surface area contributed by atoms with Gasteiger partial charge in [-0.05, 0) is 61.7 Å². The molecule has 1 atom stereocenters. The Kier molecular flexibility index (Phi) is 7.08. The summed E-state index contributed by atoms with van der Waals surface area (Å²) in [5, 5.41) is 3.55. The molecule has 1 fully saturated rings. The molecule has 2 N–H and O–H groups in total. The molecular weight excluding hydrogens is 394 g/mol. The van der Waals surface area contributed by atoms with Gasteiger partial charge in [-0.3, -0.25) is 0 Å². The molecule has 32 heavy (non-hydrogen) atoms. The average Bonchev–Trinajstić information content (AvgIpc) is 3.31. The summed E-state index contributed by atoms with van der Waals surface area (Å²) in [5.74, 6) is 0.109. The number of hydrogen-bond acceptors (Lipinski definition) is 4. The zero-order valence-corrected chi connectivity index (χ0v) is 19.6. The average molecular weight is 430 g/mol. The fourth-order valence-electron chi connectivity index (χ4n) is 4.46. The predicted octanol–water partition coefficient (Wildman–Crippen LogP) is 4.77. The standard InChI is InChI=1S/C27H35N5/c1-20-7-5-10-25(22(20)3)27(26-18-28-19-29-26)23-8-6-9-24(17-23)30-21(2)11-12-32-15-13-31(4)14-16-32/h5-10,17-19,27,30H,2,11-16H2,1,3-4H3,(H,28,29). The molecule has 0 radical (unpaired) electrons. The number of likely N-dealkylation sites (N-methyl/N-ethyl adjacent to an activating group) is 1. The van der Waals surface area contributed by atoms with Gasteiger partial charge in [0, 0.05) is 56.0 Å². The number of aromatic nitrogens is 2. The Morgan fingerprint density at radius 2 is 1.91 bits per heavy atom. The molecule has 0 amide bonds. The second kappa shape index (κ2) is 10.2. The maximum absolute atomic E-state index is 4.30. The monoisotopic (exact) mass is 429 g/mol. The highest BCUT2D eigenvalue weighted by molar-refractivity contribution is 5.54. The smallest absolute Gasteiger partial charge is 0.0922 e. The topological polar surface area (TPSA) is 47.2 Å². The van der Waals surface area contributed by atoms with E-state index in [1.807, 2.05) is 6.20 Å². The highest BCUT2D eigenvalue weighted by atomic mass is 15.2. The summed E-state index contributed by atoms with van der Waals surface area (Å²) in [5.41, 5.74) is 8.41. The zero-order valence-electron chi connectivity index (χ0n) is 19.6. The Morgan fingerprint density at radius 1 is 1.12 bits per heavy atom. The lowest BCUT2D eigenvalue weighted by Crippen LogP contribution is -2.44. The van der Waals surface area contributed by atoms with E-state index in [1.54, 1.807) is 6.33 Å². The Hall–Kier alpha value is -2.89. The third-order valence-electron chi connectivity index (χ3n) is 6.65. The largest absolute Gasteiger partial charge is 0.359 e. The lowest BCUT2D eigenvalue weighted by molar-refractivity contribution is 0.155. The van der Waals surface area contributed by atoms with Gasteiger partial charge in [0.25, 0.3) is 0 Å². The third-order valence-corrected chi connectivity index (χ3v) is 6.65. The van der Waals surface area contributed by atoms with Crippen LogP contribution in [0.5, 0.6) is 0 Å². The first-order valence-electron chi connectivity index (χ1n) is 11.5. The number of hydrogen-bond donors (Lipinski definition) is 2. The van der Waals surface area contributed by atoms with Crippen molar-refractivity contribution in [1.82, 2.24) is 19.8 Å². The van der Waals surface area contributed by atoms with Gasteiger partial charge in [-0.1, -0.05) is 36.9 Å². The Morgan fingerprint density at radius 3 is 2.66 bits per heavy atom. The van der Waals surface area contributed by atoms with Crippen molar-refractivity contribution >= 4 is 5.69 Å². The van der Waals surface area contributed by atoms with Crippen molar-refractivity contribution in [3.05, 3.63) is 95.2 Å². The molecule has 2 heterocycles. The Balaban J connectivity index is 1.50. The maximum Gasteiger partial charge on any atom is 0.0922 e. The quantitative estimate of drug-likeness (QED) is 0.542. The molecule has 5 nitrogen and oxygen atoms in total. The van der Waals surface area contributed by atoms with E-state index < -0.39 is 0 Å². The van der Waals surface area contributed by atoms with Gasteiger partial charge in [-0.25, -0.2) is 4.98 Å². The van der Waals surface area contributed by atoms with E-state index in [2.05, 4.69) is 95.0 Å². The minimum Gasteiger partial charge on any atom is -0.359 e. The molecule has 1 unspecified atom stereocenters. The summed E-state index contributed by atoms with van der Waals surface area (Å²) >= 11 is 0. The van der Waals surface area contributed by atoms with Gasteiger partial charge in [0.2, 0.25) is 0 Å². The minimum atomic E-state index is 0.109. The van der Waals surface area contributed by atoms with Crippen LogP contribution < -0.4 is 5.32 Å². The second-order valence-electron chi connectivity index (χ2n) is 8.98. The third kappa shape index (κ3) is 5.29. The Labute approximate surface area is 192 Å². The SMILES string of the molecule is C=C(CCN1CCN(C)CC1)Nc1cccc(C(c2cnc[nH]2)c2cccc(C)c2C)c1. The van der Waals surface area contributed by atoms with E-state index in [-0.39, 0.29) is 5.92 Å². The Bertz CT molecular complexity index is 1030. The van der Waals surface area contributed by atoms with E-state index in [0.717, 1.165) is 56.2 Å². The van der Waals surface area contributed by atoms with Crippen molar-refractivity contribution in [3.8, 4) is 0 Å². The van der Waals surface area contributed by atoms with Gasteiger partial charge < -0.3 is 20.1 Å². The molecule has 2 aromatic carbocycles. The molecule has 0 saturated carbocycles. The van der Waals surface area contributed by atoms with Crippen molar-refractivity contribution in [1.29, 1.82) is 0 Å². The molecule has 4 rings (SSSR count). The number of nitrogens with zero attached hydrogens (tertiary/aromatic N) is 3. The van der Waals surface area contributed by atoms with Crippen LogP contribution in [0.4, 0.5) is 5.69 Å². The second-order valence-corrected chi connectivity index (χ2v) is 8.98. The van der Waals surface area contributed by atoms with Crippen molar-refractivity contribution in [2.24, 2.45) is 0 Å². The fourth-order valence-corrected chi connectivity index (χ4v) is 4.46. The first kappa shape index (κ1) is 22.3. The molecule has 0 bridgehead atoms. The van der Waals surface area contributed by atoms with Crippen LogP contribution in [0, 0.1) is 13.8 Å². The van der Waals surface area contributed by atoms with Gasteiger partial charge in [-0.15, -0.1) is 0 Å². The number of H-pyrrole nitrogens is 1. The van der Waals surface area contributed by atoms with Crippen molar-refractivity contribution < 1.29 is 0 Å². The lowest BCUT2D eigenvalue weighted by Gasteiger charge is -2.32. The fraction of sp³-hybridized carbons (Fsp3) is 0.370. The van der Waals surface area contributed by atoms with Crippen LogP contribution in [0.15, 0.2) is 67.3 Å². The number of aromatic amines is 1. The molecule has 5 heteroatoms. The number of anilines is 1. The lowest BCUT2D eigenvalue weighted by atomic mass is 9.85. The molecule has 1 aliphatic rings. The number of benzene rings is 2. The molecule has 168 valence electrons. The van der Waals surface area contributed by atoms with Crippen LogP contribution in [-0.4, -0.2) is 59.5 Å². The summed E-state index contributed by atoms with van der Waals surface area (Å²) in [4.78, 5) is 12.6. The number of aryl methyl sites for hydroxylation is 1. The first-order chi connectivity index (χ1) is 15.5. The summed E-state index contributed by atoms with van der Waals surface area (Å²) < 4.78 is 0. The van der Waals surface area contributed by atoms with Crippen molar-refractivity contribution in [2.75, 3.05) is 45.1 Å². The van der Waals surface area contributed by atoms with E-state index in [4.69, 9.17) is 0 Å². The molecule has 1 aliphatic heterocycles. The van der Waals surface area contributed by atoms with Gasteiger partial charge in [0.05, 0.1) is 12.2 Å². The first-order valence-corrected chi connectivity index (χ1v) is 11.5. The molecule has 0 aliphatic carbocycles. The molecular formula is C27H35N5. The van der Waals surface area contributed by atoms with Crippen molar-refractivity contribution in [2.45, 2.75) is 26.2 Å². The number of rotatable bonds is 8. The summed E-state index contributed by atoms with van der Waals surface area (Å²) in [6, 6.07) is 15.2. The van der Waals surface area contributed by atoms with Crippen LogP contribution in [-0.2, 0) is 0 Å². The normalized spacial score (nSPS) is 16.1. The summed E-state index contributed by atoms with van der Waals surface area (Å²) in [6.45, 7) is 14.3. The van der Waals surface area contributed by atoms with Crippen LogP contribution in [0.2, 0.25) is 0 Å². The zero-order chi connectivity index (χ0) is 22.5. The highest BCUT2D eigenvalue weighted by Crippen LogP contribution is 2.34. The maximum atomic E-state index is 4.30. The highest BCUT2D eigenvalue weighted by Gasteiger charge is 2.21. The minimum absolute atomic E-state index is 0.109. The number of nitrogens with one attached hydrogen (secondary N) is 2. The van der Waals surface area contributed by atoms with E-state index >= 15 is 0 Å². The summed E-state index contributed by atoms with van der Waals surface area (Å²) in [6.07, 6.45) is 4.65. The van der Waals surface area contributed by atoms with Gasteiger partial charge in [0.15, 0.2) is 0 Å².